The third kappa shape index (κ3) is 38.1. The summed E-state index contributed by atoms with van der Waals surface area (Å²) < 4.78 is 10.6. The molecule has 0 fully saturated rings. The second-order valence-corrected chi connectivity index (χ2v) is 13.3. The van der Waals surface area contributed by atoms with Crippen LogP contribution in [0.1, 0.15) is 181 Å². The summed E-state index contributed by atoms with van der Waals surface area (Å²) in [5, 5.41) is 9.56. The molecule has 5 heteroatoms. The zero-order chi connectivity index (χ0) is 36.4. The average Bonchev–Trinajstić information content (AvgIpc) is 3.12. The van der Waals surface area contributed by atoms with Gasteiger partial charge < -0.3 is 14.6 Å². The molecule has 0 aliphatic carbocycles. The third-order valence-corrected chi connectivity index (χ3v) is 8.48. The number of hydrogen-bond donors (Lipinski definition) is 1. The molecule has 5 nitrogen and oxygen atoms in total. The maximum Gasteiger partial charge on any atom is 0.306 e. The highest BCUT2D eigenvalue weighted by molar-refractivity contribution is 5.70. The SMILES string of the molecule is CC/C=C\C/C=C\C/C=C\C/C=C\C/C=C\CCCCCC(=O)OC[C@H](CO)OC(=O)CCCCCCCCC/C=C\CCCCCCCC. The number of aliphatic hydroxyl groups excluding tert-OH is 1. The fourth-order valence-corrected chi connectivity index (χ4v) is 5.40. The molecule has 0 aliphatic heterocycles. The van der Waals surface area contributed by atoms with Crippen molar-refractivity contribution >= 4 is 11.9 Å². The Morgan fingerprint density at radius 2 is 0.860 bits per heavy atom. The Kier molecular flexibility index (Phi) is 38.6. The Labute approximate surface area is 308 Å². The van der Waals surface area contributed by atoms with Gasteiger partial charge in [0.1, 0.15) is 6.61 Å². The van der Waals surface area contributed by atoms with Crippen LogP contribution >= 0.6 is 0 Å². The molecule has 0 saturated heterocycles. The first-order valence-corrected chi connectivity index (χ1v) is 20.5. The summed E-state index contributed by atoms with van der Waals surface area (Å²) >= 11 is 0. The molecule has 0 bridgehead atoms. The van der Waals surface area contributed by atoms with Crippen LogP contribution in [-0.4, -0.2) is 36.4 Å². The molecular weight excluding hydrogens is 620 g/mol. The molecule has 1 atom stereocenters. The van der Waals surface area contributed by atoms with E-state index in [1.54, 1.807) is 0 Å². The fraction of sp³-hybridized carbons (Fsp3) is 0.689. The molecule has 0 rings (SSSR count). The molecule has 0 unspecified atom stereocenters. The number of allylic oxidation sites excluding steroid dienone is 12. The maximum atomic E-state index is 12.2. The van der Waals surface area contributed by atoms with E-state index < -0.39 is 6.10 Å². The summed E-state index contributed by atoms with van der Waals surface area (Å²) in [4.78, 5) is 24.3. The minimum Gasteiger partial charge on any atom is -0.462 e. The maximum absolute atomic E-state index is 12.2. The molecule has 0 aromatic rings. The van der Waals surface area contributed by atoms with Crippen molar-refractivity contribution in [3.63, 3.8) is 0 Å². The number of rotatable bonds is 36. The first-order chi connectivity index (χ1) is 24.6. The summed E-state index contributed by atoms with van der Waals surface area (Å²) in [6, 6.07) is 0. The van der Waals surface area contributed by atoms with E-state index in [2.05, 4.69) is 86.8 Å². The normalized spacial score (nSPS) is 12.9. The summed E-state index contributed by atoms with van der Waals surface area (Å²) in [5.41, 5.74) is 0. The zero-order valence-electron chi connectivity index (χ0n) is 32.4. The Hall–Kier alpha value is -2.66. The highest BCUT2D eigenvalue weighted by Gasteiger charge is 2.16. The molecule has 1 N–H and O–H groups in total. The lowest BCUT2D eigenvalue weighted by atomic mass is 10.1. The van der Waals surface area contributed by atoms with Crippen molar-refractivity contribution in [1.82, 2.24) is 0 Å². The topological polar surface area (TPSA) is 72.8 Å². The number of carbonyl (C=O) groups excluding carboxylic acids is 2. The Morgan fingerprint density at radius 3 is 1.34 bits per heavy atom. The summed E-state index contributed by atoms with van der Waals surface area (Å²) in [6.07, 6.45) is 53.9. The Bertz CT molecular complexity index is 926. The lowest BCUT2D eigenvalue weighted by Gasteiger charge is -2.15. The van der Waals surface area contributed by atoms with Crippen molar-refractivity contribution in [2.45, 2.75) is 187 Å². The van der Waals surface area contributed by atoms with Gasteiger partial charge in [0.15, 0.2) is 6.10 Å². The van der Waals surface area contributed by atoms with Crippen LogP contribution in [0.4, 0.5) is 0 Å². The highest BCUT2D eigenvalue weighted by Crippen LogP contribution is 2.12. The monoisotopic (exact) mass is 697 g/mol. The predicted molar refractivity (Wildman–Crippen MR) is 214 cm³/mol. The minimum absolute atomic E-state index is 0.0880. The van der Waals surface area contributed by atoms with Crippen LogP contribution in [0, 0.1) is 0 Å². The van der Waals surface area contributed by atoms with Gasteiger partial charge in [-0.15, -0.1) is 0 Å². The van der Waals surface area contributed by atoms with Crippen molar-refractivity contribution < 1.29 is 24.2 Å². The molecule has 0 aromatic heterocycles. The molecule has 0 aromatic carbocycles. The summed E-state index contributed by atoms with van der Waals surface area (Å²) in [6.45, 7) is 3.98. The van der Waals surface area contributed by atoms with Crippen LogP contribution in [0.5, 0.6) is 0 Å². The number of esters is 2. The van der Waals surface area contributed by atoms with Gasteiger partial charge in [0, 0.05) is 12.8 Å². The molecule has 286 valence electrons. The van der Waals surface area contributed by atoms with Crippen molar-refractivity contribution in [1.29, 1.82) is 0 Å². The van der Waals surface area contributed by atoms with Crippen LogP contribution in [0.2, 0.25) is 0 Å². The molecule has 50 heavy (non-hydrogen) atoms. The van der Waals surface area contributed by atoms with Crippen LogP contribution in [0.3, 0.4) is 0 Å². The number of carbonyl (C=O) groups is 2. The van der Waals surface area contributed by atoms with E-state index >= 15 is 0 Å². The van der Waals surface area contributed by atoms with Crippen LogP contribution in [0.15, 0.2) is 72.9 Å². The molecule has 0 spiro atoms. The lowest BCUT2D eigenvalue weighted by Crippen LogP contribution is -2.28. The number of aliphatic hydroxyl groups is 1. The lowest BCUT2D eigenvalue weighted by molar-refractivity contribution is -0.161. The van der Waals surface area contributed by atoms with Gasteiger partial charge in [-0.25, -0.2) is 0 Å². The van der Waals surface area contributed by atoms with Gasteiger partial charge in [0.05, 0.1) is 6.61 Å². The smallest absolute Gasteiger partial charge is 0.306 e. The van der Waals surface area contributed by atoms with Crippen molar-refractivity contribution in [2.24, 2.45) is 0 Å². The van der Waals surface area contributed by atoms with Crippen molar-refractivity contribution in [2.75, 3.05) is 13.2 Å². The molecular formula is C45H76O5. The predicted octanol–water partition coefficient (Wildman–Crippen LogP) is 13.0. The second-order valence-electron chi connectivity index (χ2n) is 13.3. The minimum atomic E-state index is -0.790. The highest BCUT2D eigenvalue weighted by atomic mass is 16.6. The van der Waals surface area contributed by atoms with Gasteiger partial charge in [-0.1, -0.05) is 157 Å². The summed E-state index contributed by atoms with van der Waals surface area (Å²) in [7, 11) is 0. The first kappa shape index (κ1) is 47.3. The molecule has 0 amide bonds. The fourth-order valence-electron chi connectivity index (χ4n) is 5.40. The molecule has 0 heterocycles. The van der Waals surface area contributed by atoms with E-state index in [0.717, 1.165) is 77.0 Å². The van der Waals surface area contributed by atoms with E-state index in [1.807, 2.05) is 0 Å². The Morgan fingerprint density at radius 1 is 0.480 bits per heavy atom. The van der Waals surface area contributed by atoms with Crippen LogP contribution in [-0.2, 0) is 19.1 Å². The quantitative estimate of drug-likeness (QED) is 0.0401. The van der Waals surface area contributed by atoms with Gasteiger partial charge in [-0.3, -0.25) is 9.59 Å². The van der Waals surface area contributed by atoms with E-state index in [1.165, 1.54) is 77.0 Å². The second kappa shape index (κ2) is 40.8. The van der Waals surface area contributed by atoms with Crippen LogP contribution < -0.4 is 0 Å². The Balaban J connectivity index is 3.65. The van der Waals surface area contributed by atoms with E-state index in [9.17, 15) is 14.7 Å². The molecule has 0 aliphatic rings. The van der Waals surface area contributed by atoms with E-state index in [-0.39, 0.29) is 25.2 Å². The third-order valence-electron chi connectivity index (χ3n) is 8.48. The van der Waals surface area contributed by atoms with E-state index in [4.69, 9.17) is 9.47 Å². The standard InChI is InChI=1S/C45H76O5/c1-3-5-7-9-11-13-15-17-19-21-22-24-25-27-29-31-33-35-37-39-44(47)49-42-43(41-46)50-45(48)40-38-36-34-32-30-28-26-23-20-18-16-14-12-10-8-6-4-2/h5,7,11,13,17-20,22,24,27,29,43,46H,3-4,6,8-10,12,14-16,21,23,25-26,28,30-42H2,1-2H3/b7-5-,13-11-,19-17-,20-18-,24-22-,29-27-/t43-/m0/s1. The number of ether oxygens (including phenoxy) is 2. The largest absolute Gasteiger partial charge is 0.462 e. The van der Waals surface area contributed by atoms with Crippen molar-refractivity contribution in [3.05, 3.63) is 72.9 Å². The van der Waals surface area contributed by atoms with Crippen LogP contribution in [0.25, 0.3) is 0 Å². The number of hydrogen-bond acceptors (Lipinski definition) is 5. The molecule has 0 saturated carbocycles. The zero-order valence-corrected chi connectivity index (χ0v) is 32.4. The average molecular weight is 697 g/mol. The van der Waals surface area contributed by atoms with Gasteiger partial charge in [-0.05, 0) is 83.5 Å². The van der Waals surface area contributed by atoms with E-state index in [0.29, 0.717) is 12.8 Å². The van der Waals surface area contributed by atoms with Gasteiger partial charge in [-0.2, -0.15) is 0 Å². The van der Waals surface area contributed by atoms with Gasteiger partial charge in [0.25, 0.3) is 0 Å². The van der Waals surface area contributed by atoms with Gasteiger partial charge >= 0.3 is 11.9 Å². The number of unbranched alkanes of at least 4 members (excludes halogenated alkanes) is 16. The molecule has 0 radical (unpaired) electrons. The summed E-state index contributed by atoms with van der Waals surface area (Å²) in [5.74, 6) is -0.638. The first-order valence-electron chi connectivity index (χ1n) is 20.5. The van der Waals surface area contributed by atoms with Gasteiger partial charge in [0.2, 0.25) is 0 Å². The van der Waals surface area contributed by atoms with Crippen molar-refractivity contribution in [3.8, 4) is 0 Å².